The van der Waals surface area contributed by atoms with Gasteiger partial charge in [0.1, 0.15) is 11.5 Å². The Kier molecular flexibility index (Phi) is 12.3. The van der Waals surface area contributed by atoms with Crippen LogP contribution in [0, 0.1) is 11.8 Å². The van der Waals surface area contributed by atoms with Crippen molar-refractivity contribution in [2.24, 2.45) is 0 Å². The fourth-order valence-electron chi connectivity index (χ4n) is 5.20. The summed E-state index contributed by atoms with van der Waals surface area (Å²) in [5.41, 5.74) is 4.26. The Morgan fingerprint density at radius 2 is 0.796 bits per heavy atom. The second-order valence-corrected chi connectivity index (χ2v) is 13.6. The summed E-state index contributed by atoms with van der Waals surface area (Å²) in [7, 11) is 0. The molecule has 266 valence electrons. The van der Waals surface area contributed by atoms with E-state index in [1.54, 1.807) is 121 Å². The molecule has 0 aromatic heterocycles. The van der Waals surface area contributed by atoms with Gasteiger partial charge in [-0.1, -0.05) is 82.5 Å². The molecule has 0 aliphatic carbocycles. The van der Waals surface area contributed by atoms with Crippen LogP contribution in [0.15, 0.2) is 133 Å². The number of carbonyl (C=O) groups excluding carboxylic acids is 4. The number of hydrogen-bond donors (Lipinski definition) is 0. The van der Waals surface area contributed by atoms with Crippen molar-refractivity contribution >= 4 is 69.9 Å². The van der Waals surface area contributed by atoms with Crippen LogP contribution in [0.25, 0.3) is 0 Å². The number of esters is 2. The zero-order valence-corrected chi connectivity index (χ0v) is 31.1. The third-order valence-electron chi connectivity index (χ3n) is 8.05. The molecule has 0 aliphatic rings. The highest BCUT2D eigenvalue weighted by Gasteiger charge is 2.15. The molecule has 0 saturated heterocycles. The van der Waals surface area contributed by atoms with Gasteiger partial charge in [0, 0.05) is 45.1 Å². The first kappa shape index (κ1) is 38.1. The van der Waals surface area contributed by atoms with Crippen molar-refractivity contribution in [2.45, 2.75) is 12.8 Å². The van der Waals surface area contributed by atoms with Gasteiger partial charge < -0.3 is 9.47 Å². The summed E-state index contributed by atoms with van der Waals surface area (Å²) in [4.78, 5) is 50.8. The van der Waals surface area contributed by atoms with E-state index in [1.807, 2.05) is 0 Å². The third kappa shape index (κ3) is 10.0. The first-order valence-electron chi connectivity index (χ1n) is 16.3. The third-order valence-corrected chi connectivity index (χ3v) is 9.15. The lowest BCUT2D eigenvalue weighted by Crippen LogP contribution is -2.09. The highest BCUT2D eigenvalue weighted by molar-refractivity contribution is 6.37. The number of Topliss-reactive ketones (excluding diaryl/α,β-unsaturated/α-hetero) is 2. The minimum Gasteiger partial charge on any atom is -0.423 e. The van der Waals surface area contributed by atoms with Crippen LogP contribution in [0.4, 0.5) is 0 Å². The molecule has 6 nitrogen and oxygen atoms in total. The molecule has 0 saturated carbocycles. The molecule has 0 spiro atoms. The minimum absolute atomic E-state index is 0.125. The Labute approximate surface area is 331 Å². The Balaban J connectivity index is 0.981. The number of ketones is 2. The van der Waals surface area contributed by atoms with Gasteiger partial charge in [-0.05, 0) is 120 Å². The molecule has 0 radical (unpaired) electrons. The highest BCUT2D eigenvalue weighted by atomic mass is 35.5. The number of carbonyl (C=O) groups is 4. The first-order valence-corrected chi connectivity index (χ1v) is 17.8. The Morgan fingerprint density at radius 1 is 0.444 bits per heavy atom. The molecular formula is C44H26Cl4O6. The lowest BCUT2D eigenvalue weighted by Gasteiger charge is -2.07. The van der Waals surface area contributed by atoms with Gasteiger partial charge in [0.05, 0.1) is 21.2 Å². The van der Waals surface area contributed by atoms with E-state index in [2.05, 4.69) is 11.8 Å². The standard InChI is InChI=1S/C44H26Cl4O6/c45-33-15-21-37(39(47)25-33)41(49)23-29-7-17-35(18-8-29)53-43(51)31-11-3-27(4-12-31)1-2-28-5-13-32(14-6-28)44(52)54-36-19-9-30(10-20-36)24-42(50)38-22-16-34(46)26-40(38)48/h3-22,25-26H,23-24H2. The molecule has 0 atom stereocenters. The summed E-state index contributed by atoms with van der Waals surface area (Å²) in [6.45, 7) is 0. The topological polar surface area (TPSA) is 86.7 Å². The fraction of sp³-hybridized carbons (Fsp3) is 0.0455. The molecule has 0 unspecified atom stereocenters. The summed E-state index contributed by atoms with van der Waals surface area (Å²) in [5.74, 6) is 5.35. The lowest BCUT2D eigenvalue weighted by atomic mass is 10.0. The number of benzene rings is 6. The summed E-state index contributed by atoms with van der Waals surface area (Å²) < 4.78 is 11.0. The van der Waals surface area contributed by atoms with E-state index in [1.165, 1.54) is 12.1 Å². The van der Waals surface area contributed by atoms with Gasteiger partial charge >= 0.3 is 11.9 Å². The molecule has 0 amide bonds. The van der Waals surface area contributed by atoms with Gasteiger partial charge in [-0.15, -0.1) is 0 Å². The number of rotatable bonds is 10. The molecule has 0 heterocycles. The van der Waals surface area contributed by atoms with Crippen molar-refractivity contribution in [3.8, 4) is 23.3 Å². The second-order valence-electron chi connectivity index (χ2n) is 11.9. The smallest absolute Gasteiger partial charge is 0.343 e. The Bertz CT molecular complexity index is 2260. The van der Waals surface area contributed by atoms with Crippen molar-refractivity contribution in [2.75, 3.05) is 0 Å². The fourth-order valence-corrected chi connectivity index (χ4v) is 6.23. The average molecular weight is 792 g/mol. The van der Waals surface area contributed by atoms with Crippen molar-refractivity contribution in [3.63, 3.8) is 0 Å². The highest BCUT2D eigenvalue weighted by Crippen LogP contribution is 2.25. The van der Waals surface area contributed by atoms with E-state index in [-0.39, 0.29) is 24.4 Å². The van der Waals surface area contributed by atoms with E-state index in [0.29, 0.717) is 65.0 Å². The summed E-state index contributed by atoms with van der Waals surface area (Å²) in [6, 6.07) is 36.1. The molecule has 6 rings (SSSR count). The van der Waals surface area contributed by atoms with Crippen molar-refractivity contribution in [1.82, 2.24) is 0 Å². The minimum atomic E-state index is -0.542. The van der Waals surface area contributed by atoms with Gasteiger partial charge in [0.25, 0.3) is 0 Å². The van der Waals surface area contributed by atoms with Crippen LogP contribution in [-0.2, 0) is 12.8 Å². The first-order chi connectivity index (χ1) is 26.0. The van der Waals surface area contributed by atoms with Gasteiger partial charge in [0.2, 0.25) is 0 Å². The SMILES string of the molecule is O=C(Oc1ccc(CC(=O)c2ccc(Cl)cc2Cl)cc1)c1ccc(C#Cc2ccc(C(=O)Oc3ccc(CC(=O)c4ccc(Cl)cc4Cl)cc3)cc2)cc1. The maximum atomic E-state index is 12.7. The molecule has 6 aromatic rings. The van der Waals surface area contributed by atoms with Crippen molar-refractivity contribution < 1.29 is 28.7 Å². The normalized spacial score (nSPS) is 10.5. The van der Waals surface area contributed by atoms with Gasteiger partial charge in [0.15, 0.2) is 11.6 Å². The van der Waals surface area contributed by atoms with Gasteiger partial charge in [-0.3, -0.25) is 9.59 Å². The van der Waals surface area contributed by atoms with E-state index in [0.717, 1.165) is 11.1 Å². The predicted molar refractivity (Wildman–Crippen MR) is 211 cm³/mol. The van der Waals surface area contributed by atoms with E-state index >= 15 is 0 Å². The van der Waals surface area contributed by atoms with Gasteiger partial charge in [-0.2, -0.15) is 0 Å². The maximum absolute atomic E-state index is 12.7. The maximum Gasteiger partial charge on any atom is 0.343 e. The van der Waals surface area contributed by atoms with Crippen LogP contribution >= 0.6 is 46.4 Å². The molecule has 54 heavy (non-hydrogen) atoms. The van der Waals surface area contributed by atoms with E-state index < -0.39 is 11.9 Å². The second kappa shape index (κ2) is 17.4. The van der Waals surface area contributed by atoms with Crippen LogP contribution in [0.5, 0.6) is 11.5 Å². The summed E-state index contributed by atoms with van der Waals surface area (Å²) >= 11 is 24.2. The Hall–Kier alpha value is -5.68. The average Bonchev–Trinajstić information content (AvgIpc) is 3.16. The molecule has 0 aliphatic heterocycles. The van der Waals surface area contributed by atoms with E-state index in [4.69, 9.17) is 55.9 Å². The van der Waals surface area contributed by atoms with Gasteiger partial charge in [-0.25, -0.2) is 9.59 Å². The van der Waals surface area contributed by atoms with Crippen LogP contribution < -0.4 is 9.47 Å². The van der Waals surface area contributed by atoms with Crippen LogP contribution in [0.3, 0.4) is 0 Å². The van der Waals surface area contributed by atoms with Crippen molar-refractivity contribution in [3.05, 3.63) is 198 Å². The number of ether oxygens (including phenoxy) is 2. The quantitative estimate of drug-likeness (QED) is 0.0594. The molecule has 0 bridgehead atoms. The molecule has 6 aromatic carbocycles. The zero-order valence-electron chi connectivity index (χ0n) is 28.1. The predicted octanol–water partition coefficient (Wildman–Crippen LogP) is 11.0. The lowest BCUT2D eigenvalue weighted by molar-refractivity contribution is 0.0725. The van der Waals surface area contributed by atoms with Crippen molar-refractivity contribution in [1.29, 1.82) is 0 Å². The molecule has 0 fully saturated rings. The van der Waals surface area contributed by atoms with Crippen LogP contribution in [0.1, 0.15) is 63.7 Å². The largest absolute Gasteiger partial charge is 0.423 e. The number of hydrogen-bond acceptors (Lipinski definition) is 6. The summed E-state index contributed by atoms with van der Waals surface area (Å²) in [5, 5.41) is 1.48. The molecule has 0 N–H and O–H groups in total. The molecular weight excluding hydrogens is 766 g/mol. The van der Waals surface area contributed by atoms with E-state index in [9.17, 15) is 19.2 Å². The number of halogens is 4. The van der Waals surface area contributed by atoms with Crippen LogP contribution in [0.2, 0.25) is 20.1 Å². The Morgan fingerprint density at radius 3 is 1.13 bits per heavy atom. The monoisotopic (exact) mass is 790 g/mol. The van der Waals surface area contributed by atoms with Crippen LogP contribution in [-0.4, -0.2) is 23.5 Å². The summed E-state index contributed by atoms with van der Waals surface area (Å²) in [6.07, 6.45) is 0.250. The molecule has 10 heteroatoms. The zero-order chi connectivity index (χ0) is 38.2.